The Bertz CT molecular complexity index is 853. The van der Waals surface area contributed by atoms with Gasteiger partial charge >= 0.3 is 5.97 Å². The number of rotatable bonds is 5. The number of carboxylic acids is 1. The Hall–Kier alpha value is -3.33. The number of benzene rings is 2. The van der Waals surface area contributed by atoms with Gasteiger partial charge < -0.3 is 15.7 Å². The SMILES string of the molecule is CC(=O)Nc1cc(C(C)(Nc2ccc(C#N)cc2)C(=O)O)ccc1C. The monoisotopic (exact) mass is 337 g/mol. The zero-order valence-electron chi connectivity index (χ0n) is 14.3. The molecule has 3 N–H and O–H groups in total. The van der Waals surface area contributed by atoms with Crippen LogP contribution in [0.3, 0.4) is 0 Å². The van der Waals surface area contributed by atoms with E-state index >= 15 is 0 Å². The van der Waals surface area contributed by atoms with E-state index < -0.39 is 11.5 Å². The van der Waals surface area contributed by atoms with Gasteiger partial charge in [0, 0.05) is 18.3 Å². The van der Waals surface area contributed by atoms with Gasteiger partial charge in [-0.15, -0.1) is 0 Å². The van der Waals surface area contributed by atoms with Crippen LogP contribution in [0.4, 0.5) is 11.4 Å². The number of aryl methyl sites for hydroxylation is 1. The van der Waals surface area contributed by atoms with Gasteiger partial charge in [-0.2, -0.15) is 5.26 Å². The van der Waals surface area contributed by atoms with E-state index in [4.69, 9.17) is 5.26 Å². The number of carboxylic acid groups (broad SMARTS) is 1. The van der Waals surface area contributed by atoms with E-state index in [-0.39, 0.29) is 5.91 Å². The fourth-order valence-corrected chi connectivity index (χ4v) is 2.42. The van der Waals surface area contributed by atoms with Gasteiger partial charge in [-0.05, 0) is 55.3 Å². The van der Waals surface area contributed by atoms with Gasteiger partial charge in [0.15, 0.2) is 5.54 Å². The molecule has 0 spiro atoms. The van der Waals surface area contributed by atoms with Crippen molar-refractivity contribution in [1.29, 1.82) is 5.26 Å². The number of carbonyl (C=O) groups is 2. The standard InChI is InChI=1S/C19H19N3O3/c1-12-4-7-15(10-17(12)21-13(2)23)19(3,18(24)25)22-16-8-5-14(11-20)6-9-16/h4-10,22H,1-3H3,(H,21,23)(H,24,25). The lowest BCUT2D eigenvalue weighted by atomic mass is 9.90. The maximum Gasteiger partial charge on any atom is 0.333 e. The van der Waals surface area contributed by atoms with Crippen LogP contribution >= 0.6 is 0 Å². The van der Waals surface area contributed by atoms with Crippen LogP contribution in [0.25, 0.3) is 0 Å². The van der Waals surface area contributed by atoms with Crippen molar-refractivity contribution in [3.05, 3.63) is 59.2 Å². The molecule has 0 bridgehead atoms. The summed E-state index contributed by atoms with van der Waals surface area (Å²) in [5, 5.41) is 24.4. The molecule has 2 rings (SSSR count). The summed E-state index contributed by atoms with van der Waals surface area (Å²) < 4.78 is 0. The zero-order chi connectivity index (χ0) is 18.6. The number of nitrogens with one attached hydrogen (secondary N) is 2. The highest BCUT2D eigenvalue weighted by Crippen LogP contribution is 2.30. The maximum absolute atomic E-state index is 12.0. The fraction of sp³-hybridized carbons (Fsp3) is 0.211. The van der Waals surface area contributed by atoms with Crippen LogP contribution < -0.4 is 10.6 Å². The second kappa shape index (κ2) is 7.05. The third kappa shape index (κ3) is 3.96. The van der Waals surface area contributed by atoms with E-state index in [0.717, 1.165) is 5.56 Å². The van der Waals surface area contributed by atoms with Crippen molar-refractivity contribution in [3.63, 3.8) is 0 Å². The third-order valence-corrected chi connectivity index (χ3v) is 3.96. The van der Waals surface area contributed by atoms with E-state index in [9.17, 15) is 14.7 Å². The van der Waals surface area contributed by atoms with Gasteiger partial charge in [-0.1, -0.05) is 12.1 Å². The van der Waals surface area contributed by atoms with E-state index in [1.165, 1.54) is 6.92 Å². The van der Waals surface area contributed by atoms with Crippen LogP contribution in [-0.4, -0.2) is 17.0 Å². The number of carbonyl (C=O) groups excluding carboxylic acids is 1. The highest BCUT2D eigenvalue weighted by atomic mass is 16.4. The van der Waals surface area contributed by atoms with Crippen LogP contribution in [0, 0.1) is 18.3 Å². The lowest BCUT2D eigenvalue weighted by Crippen LogP contribution is -2.40. The van der Waals surface area contributed by atoms with Crippen molar-refractivity contribution in [2.75, 3.05) is 10.6 Å². The van der Waals surface area contributed by atoms with Crippen LogP contribution in [0.5, 0.6) is 0 Å². The summed E-state index contributed by atoms with van der Waals surface area (Å²) in [6.45, 7) is 4.79. The summed E-state index contributed by atoms with van der Waals surface area (Å²) in [6, 6.07) is 13.7. The van der Waals surface area contributed by atoms with Crippen molar-refractivity contribution in [2.45, 2.75) is 26.3 Å². The number of hydrogen-bond acceptors (Lipinski definition) is 4. The Labute approximate surface area is 146 Å². The predicted molar refractivity (Wildman–Crippen MR) is 95.3 cm³/mol. The third-order valence-electron chi connectivity index (χ3n) is 3.96. The molecule has 25 heavy (non-hydrogen) atoms. The molecule has 6 heteroatoms. The van der Waals surface area contributed by atoms with E-state index in [1.54, 1.807) is 49.4 Å². The van der Waals surface area contributed by atoms with E-state index in [1.807, 2.05) is 13.0 Å². The molecule has 0 saturated carbocycles. The first kappa shape index (κ1) is 18.0. The van der Waals surface area contributed by atoms with E-state index in [2.05, 4.69) is 10.6 Å². The number of hydrogen-bond donors (Lipinski definition) is 3. The average molecular weight is 337 g/mol. The molecule has 1 amide bonds. The van der Waals surface area contributed by atoms with Gasteiger partial charge in [0.2, 0.25) is 5.91 Å². The summed E-state index contributed by atoms with van der Waals surface area (Å²) in [6.07, 6.45) is 0. The lowest BCUT2D eigenvalue weighted by molar-refractivity contribution is -0.142. The van der Waals surface area contributed by atoms with Crippen molar-refractivity contribution in [3.8, 4) is 6.07 Å². The molecule has 0 aliphatic carbocycles. The Kier molecular flexibility index (Phi) is 5.08. The second-order valence-corrected chi connectivity index (χ2v) is 5.96. The Morgan fingerprint density at radius 1 is 1.16 bits per heavy atom. The molecule has 0 radical (unpaired) electrons. The molecule has 1 atom stereocenters. The topological polar surface area (TPSA) is 102 Å². The molecule has 6 nitrogen and oxygen atoms in total. The Morgan fingerprint density at radius 3 is 2.32 bits per heavy atom. The summed E-state index contributed by atoms with van der Waals surface area (Å²) in [4.78, 5) is 23.3. The molecule has 0 aliphatic heterocycles. The number of aliphatic carboxylic acids is 1. The number of nitriles is 1. The highest BCUT2D eigenvalue weighted by molar-refractivity contribution is 5.90. The molecule has 2 aromatic rings. The van der Waals surface area contributed by atoms with Crippen molar-refractivity contribution < 1.29 is 14.7 Å². The summed E-state index contributed by atoms with van der Waals surface area (Å²) in [5.74, 6) is -1.29. The van der Waals surface area contributed by atoms with Crippen molar-refractivity contribution in [1.82, 2.24) is 0 Å². The number of nitrogens with zero attached hydrogens (tertiary/aromatic N) is 1. The van der Waals surface area contributed by atoms with Gasteiger partial charge in [-0.25, -0.2) is 4.79 Å². The quantitative estimate of drug-likeness (QED) is 0.777. The first-order valence-electron chi connectivity index (χ1n) is 7.66. The molecule has 128 valence electrons. The average Bonchev–Trinajstić information content (AvgIpc) is 2.56. The van der Waals surface area contributed by atoms with Crippen LogP contribution in [0.2, 0.25) is 0 Å². The van der Waals surface area contributed by atoms with Crippen LogP contribution in [-0.2, 0) is 15.1 Å². The normalized spacial score (nSPS) is 12.6. The first-order chi connectivity index (χ1) is 11.8. The maximum atomic E-state index is 12.0. The van der Waals surface area contributed by atoms with Gasteiger partial charge in [0.1, 0.15) is 0 Å². The molecule has 0 aromatic heterocycles. The van der Waals surface area contributed by atoms with Crippen LogP contribution in [0.1, 0.15) is 30.5 Å². The van der Waals surface area contributed by atoms with Gasteiger partial charge in [0.05, 0.1) is 11.6 Å². The molecular formula is C19H19N3O3. The van der Waals surface area contributed by atoms with Crippen molar-refractivity contribution in [2.24, 2.45) is 0 Å². The van der Waals surface area contributed by atoms with Gasteiger partial charge in [0.25, 0.3) is 0 Å². The smallest absolute Gasteiger partial charge is 0.333 e. The molecule has 0 fully saturated rings. The second-order valence-electron chi connectivity index (χ2n) is 5.96. The minimum atomic E-state index is -1.41. The number of anilines is 2. The van der Waals surface area contributed by atoms with Crippen molar-refractivity contribution >= 4 is 23.3 Å². The first-order valence-corrected chi connectivity index (χ1v) is 7.66. The summed E-state index contributed by atoms with van der Waals surface area (Å²) >= 11 is 0. The Morgan fingerprint density at radius 2 is 1.80 bits per heavy atom. The fourth-order valence-electron chi connectivity index (χ4n) is 2.42. The van der Waals surface area contributed by atoms with Crippen LogP contribution in [0.15, 0.2) is 42.5 Å². The number of amides is 1. The summed E-state index contributed by atoms with van der Waals surface area (Å²) in [7, 11) is 0. The molecule has 0 saturated heterocycles. The minimum absolute atomic E-state index is 0.225. The minimum Gasteiger partial charge on any atom is -0.479 e. The summed E-state index contributed by atoms with van der Waals surface area (Å²) in [5.41, 5.74) is 1.56. The molecule has 2 aromatic carbocycles. The predicted octanol–water partition coefficient (Wildman–Crippen LogP) is 3.24. The molecule has 1 unspecified atom stereocenters. The zero-order valence-corrected chi connectivity index (χ0v) is 14.3. The highest BCUT2D eigenvalue weighted by Gasteiger charge is 2.35. The van der Waals surface area contributed by atoms with E-state index in [0.29, 0.717) is 22.5 Å². The lowest BCUT2D eigenvalue weighted by Gasteiger charge is -2.29. The molecule has 0 heterocycles. The Balaban J connectivity index is 2.43. The molecule has 0 aliphatic rings. The molecular weight excluding hydrogens is 318 g/mol. The van der Waals surface area contributed by atoms with Gasteiger partial charge in [-0.3, -0.25) is 4.79 Å². The largest absolute Gasteiger partial charge is 0.479 e.